The number of methoxy groups -OCH3 is 1. The first-order valence-electron chi connectivity index (χ1n) is 7.61. The average molecular weight is 328 g/mol. The van der Waals surface area contributed by atoms with Gasteiger partial charge in [0.1, 0.15) is 5.69 Å². The number of hydrogen-bond acceptors (Lipinski definition) is 5. The molecule has 0 saturated heterocycles. The molecule has 0 bridgehead atoms. The molecule has 0 radical (unpaired) electrons. The summed E-state index contributed by atoms with van der Waals surface area (Å²) in [6.45, 7) is 1.44. The second-order valence-electron chi connectivity index (χ2n) is 5.08. The van der Waals surface area contributed by atoms with E-state index < -0.39 is 0 Å². The molecule has 0 aliphatic rings. The molecule has 2 amide bonds. The summed E-state index contributed by atoms with van der Waals surface area (Å²) in [6, 6.07) is 6.71. The van der Waals surface area contributed by atoms with Crippen LogP contribution in [0.2, 0.25) is 0 Å². The molecule has 0 atom stereocenters. The molecule has 0 aromatic carbocycles. The highest BCUT2D eigenvalue weighted by Gasteiger charge is 2.11. The van der Waals surface area contributed by atoms with Gasteiger partial charge in [-0.15, -0.1) is 0 Å². The molecule has 0 aliphatic heterocycles. The number of hydrogen-bond donors (Lipinski definition) is 2. The van der Waals surface area contributed by atoms with E-state index in [9.17, 15) is 9.59 Å². The fourth-order valence-corrected chi connectivity index (χ4v) is 1.99. The number of carbonyl (C=O) groups excluding carboxylic acids is 2. The largest absolute Gasteiger partial charge is 0.385 e. The van der Waals surface area contributed by atoms with Gasteiger partial charge in [0.2, 0.25) is 0 Å². The summed E-state index contributed by atoms with van der Waals surface area (Å²) in [6.07, 6.45) is 5.52. The third kappa shape index (κ3) is 5.44. The number of pyridine rings is 2. The molecule has 2 heterocycles. The molecule has 2 rings (SSSR count). The quantitative estimate of drug-likeness (QED) is 0.710. The van der Waals surface area contributed by atoms with E-state index in [4.69, 9.17) is 4.74 Å². The molecule has 0 aliphatic carbocycles. The Kier molecular flexibility index (Phi) is 6.85. The lowest BCUT2D eigenvalue weighted by Crippen LogP contribution is -2.27. The van der Waals surface area contributed by atoms with Gasteiger partial charge in [0.25, 0.3) is 11.8 Å². The van der Waals surface area contributed by atoms with Crippen molar-refractivity contribution in [2.45, 2.75) is 13.0 Å². The smallest absolute Gasteiger partial charge is 0.270 e. The lowest BCUT2D eigenvalue weighted by atomic mass is 10.2. The van der Waals surface area contributed by atoms with Gasteiger partial charge in [-0.25, -0.2) is 0 Å². The number of carbonyl (C=O) groups is 2. The minimum atomic E-state index is -0.340. The van der Waals surface area contributed by atoms with Gasteiger partial charge >= 0.3 is 0 Å². The fourth-order valence-electron chi connectivity index (χ4n) is 1.99. The number of nitrogens with zero attached hydrogens (tertiary/aromatic N) is 2. The van der Waals surface area contributed by atoms with E-state index in [1.807, 2.05) is 6.07 Å². The van der Waals surface area contributed by atoms with E-state index in [1.54, 1.807) is 31.6 Å². The predicted molar refractivity (Wildman–Crippen MR) is 88.5 cm³/mol. The van der Waals surface area contributed by atoms with Crippen LogP contribution < -0.4 is 10.6 Å². The van der Waals surface area contributed by atoms with Crippen LogP contribution in [0.5, 0.6) is 0 Å². The molecule has 7 nitrogen and oxygen atoms in total. The van der Waals surface area contributed by atoms with E-state index >= 15 is 0 Å². The summed E-state index contributed by atoms with van der Waals surface area (Å²) < 4.78 is 4.92. The zero-order chi connectivity index (χ0) is 17.2. The summed E-state index contributed by atoms with van der Waals surface area (Å²) in [4.78, 5) is 32.2. The Morgan fingerprint density at radius 2 is 2.04 bits per heavy atom. The summed E-state index contributed by atoms with van der Waals surface area (Å²) in [5, 5.41) is 5.52. The maximum atomic E-state index is 12.1. The first kappa shape index (κ1) is 17.6. The van der Waals surface area contributed by atoms with Gasteiger partial charge in [-0.05, 0) is 30.2 Å². The number of aromatic nitrogens is 2. The van der Waals surface area contributed by atoms with E-state index in [1.165, 1.54) is 12.3 Å². The van der Waals surface area contributed by atoms with Gasteiger partial charge in [-0.1, -0.05) is 6.07 Å². The molecular weight excluding hydrogens is 308 g/mol. The highest BCUT2D eigenvalue weighted by Crippen LogP contribution is 2.03. The minimum Gasteiger partial charge on any atom is -0.385 e. The molecule has 2 aromatic heterocycles. The monoisotopic (exact) mass is 328 g/mol. The molecule has 0 unspecified atom stereocenters. The van der Waals surface area contributed by atoms with Crippen molar-refractivity contribution in [3.8, 4) is 0 Å². The van der Waals surface area contributed by atoms with Gasteiger partial charge in [-0.2, -0.15) is 0 Å². The molecule has 126 valence electrons. The van der Waals surface area contributed by atoms with Gasteiger partial charge in [-0.3, -0.25) is 19.6 Å². The van der Waals surface area contributed by atoms with Crippen LogP contribution in [0.1, 0.15) is 32.8 Å². The fraction of sp³-hybridized carbons (Fsp3) is 0.294. The summed E-state index contributed by atoms with van der Waals surface area (Å²) in [5.74, 6) is -0.581. The summed E-state index contributed by atoms with van der Waals surface area (Å²) in [5.41, 5.74) is 1.48. The van der Waals surface area contributed by atoms with Gasteiger partial charge in [0.15, 0.2) is 0 Å². The van der Waals surface area contributed by atoms with E-state index in [0.29, 0.717) is 25.3 Å². The minimum absolute atomic E-state index is 0.198. The van der Waals surface area contributed by atoms with E-state index in [0.717, 1.165) is 12.0 Å². The molecule has 2 N–H and O–H groups in total. The molecule has 2 aromatic rings. The third-order valence-corrected chi connectivity index (χ3v) is 3.24. The Bertz CT molecular complexity index is 677. The topological polar surface area (TPSA) is 93.2 Å². The van der Waals surface area contributed by atoms with Crippen molar-refractivity contribution in [2.75, 3.05) is 20.3 Å². The predicted octanol–water partition coefficient (Wildman–Crippen LogP) is 1.17. The van der Waals surface area contributed by atoms with E-state index in [2.05, 4.69) is 20.6 Å². The van der Waals surface area contributed by atoms with Crippen LogP contribution >= 0.6 is 0 Å². The second kappa shape index (κ2) is 9.36. The molecule has 24 heavy (non-hydrogen) atoms. The van der Waals surface area contributed by atoms with Gasteiger partial charge in [0.05, 0.1) is 0 Å². The SMILES string of the molecule is COCCCNC(=O)c1ccnc(C(=O)NCc2cccnc2)c1. The highest BCUT2D eigenvalue weighted by molar-refractivity contribution is 5.98. The lowest BCUT2D eigenvalue weighted by molar-refractivity contribution is 0.0946. The van der Waals surface area contributed by atoms with Gasteiger partial charge in [0, 0.05) is 51.0 Å². The van der Waals surface area contributed by atoms with E-state index in [-0.39, 0.29) is 17.5 Å². The average Bonchev–Trinajstić information content (AvgIpc) is 2.64. The molecular formula is C17H20N4O3. The van der Waals surface area contributed by atoms with Gasteiger partial charge < -0.3 is 15.4 Å². The number of rotatable bonds is 8. The maximum absolute atomic E-state index is 12.1. The van der Waals surface area contributed by atoms with Crippen LogP contribution in [0.15, 0.2) is 42.9 Å². The van der Waals surface area contributed by atoms with Crippen LogP contribution in [0, 0.1) is 0 Å². The van der Waals surface area contributed by atoms with Crippen molar-refractivity contribution >= 4 is 11.8 Å². The Hall–Kier alpha value is -2.80. The Balaban J connectivity index is 1.91. The first-order chi connectivity index (χ1) is 11.7. The van der Waals surface area contributed by atoms with Crippen molar-refractivity contribution in [3.05, 3.63) is 59.7 Å². The zero-order valence-electron chi connectivity index (χ0n) is 13.5. The summed E-state index contributed by atoms with van der Waals surface area (Å²) in [7, 11) is 1.61. The zero-order valence-corrected chi connectivity index (χ0v) is 13.5. The lowest BCUT2D eigenvalue weighted by Gasteiger charge is -2.07. The first-order valence-corrected chi connectivity index (χ1v) is 7.61. The summed E-state index contributed by atoms with van der Waals surface area (Å²) >= 11 is 0. The van der Waals surface area contributed by atoms with Crippen LogP contribution in [-0.4, -0.2) is 42.0 Å². The van der Waals surface area contributed by atoms with Crippen LogP contribution in [-0.2, 0) is 11.3 Å². The Morgan fingerprint density at radius 1 is 1.17 bits per heavy atom. The highest BCUT2D eigenvalue weighted by atomic mass is 16.5. The Labute approximate surface area is 140 Å². The van der Waals surface area contributed by atoms with Crippen LogP contribution in [0.25, 0.3) is 0 Å². The Morgan fingerprint density at radius 3 is 2.79 bits per heavy atom. The standard InChI is InChI=1S/C17H20N4O3/c1-24-9-3-7-20-16(22)14-5-8-19-15(10-14)17(23)21-12-13-4-2-6-18-11-13/h2,4-6,8,10-11H,3,7,9,12H2,1H3,(H,20,22)(H,21,23). The third-order valence-electron chi connectivity index (χ3n) is 3.24. The van der Waals surface area contributed by atoms with Crippen molar-refractivity contribution in [1.82, 2.24) is 20.6 Å². The van der Waals surface area contributed by atoms with Crippen molar-refractivity contribution in [3.63, 3.8) is 0 Å². The van der Waals surface area contributed by atoms with Crippen molar-refractivity contribution in [1.29, 1.82) is 0 Å². The normalized spacial score (nSPS) is 10.2. The van der Waals surface area contributed by atoms with Crippen molar-refractivity contribution in [2.24, 2.45) is 0 Å². The molecule has 0 fully saturated rings. The number of amides is 2. The van der Waals surface area contributed by atoms with Crippen LogP contribution in [0.3, 0.4) is 0 Å². The number of nitrogens with one attached hydrogen (secondary N) is 2. The molecule has 0 saturated carbocycles. The second-order valence-corrected chi connectivity index (χ2v) is 5.08. The van der Waals surface area contributed by atoms with Crippen LogP contribution in [0.4, 0.5) is 0 Å². The molecule has 7 heteroatoms. The molecule has 0 spiro atoms. The number of ether oxygens (including phenoxy) is 1. The maximum Gasteiger partial charge on any atom is 0.270 e. The van der Waals surface area contributed by atoms with Crippen molar-refractivity contribution < 1.29 is 14.3 Å².